The summed E-state index contributed by atoms with van der Waals surface area (Å²) in [5, 5.41) is 2.97. The van der Waals surface area contributed by atoms with Gasteiger partial charge in [0.05, 0.1) is 25.4 Å². The molecule has 0 atom stereocenters. The third-order valence-corrected chi connectivity index (χ3v) is 5.97. The minimum Gasteiger partial charge on any atom is -0.455 e. The molecule has 176 valence electrons. The second-order valence-electron chi connectivity index (χ2n) is 8.32. The number of piperazine rings is 1. The van der Waals surface area contributed by atoms with Gasteiger partial charge >= 0.3 is 0 Å². The van der Waals surface area contributed by atoms with Gasteiger partial charge in [-0.1, -0.05) is 30.3 Å². The molecule has 33 heavy (non-hydrogen) atoms. The summed E-state index contributed by atoms with van der Waals surface area (Å²) in [6, 6.07) is 17.0. The van der Waals surface area contributed by atoms with E-state index in [0.717, 1.165) is 31.9 Å². The highest BCUT2D eigenvalue weighted by Gasteiger charge is 2.23. The smallest absolute Gasteiger partial charge is 0.236 e. The van der Waals surface area contributed by atoms with Crippen molar-refractivity contribution in [3.05, 3.63) is 54.6 Å². The molecule has 4 rings (SSSR count). The van der Waals surface area contributed by atoms with E-state index >= 15 is 0 Å². The first-order valence-corrected chi connectivity index (χ1v) is 11.6. The Hall–Kier alpha value is -2.94. The molecule has 2 fully saturated rings. The number of nitrogens with one attached hydrogen (secondary N) is 1. The van der Waals surface area contributed by atoms with E-state index in [1.54, 1.807) is 0 Å². The van der Waals surface area contributed by atoms with Crippen LogP contribution in [-0.4, -0.2) is 92.1 Å². The van der Waals surface area contributed by atoms with E-state index in [2.05, 4.69) is 15.1 Å². The fourth-order valence-electron chi connectivity index (χ4n) is 4.02. The zero-order valence-electron chi connectivity index (χ0n) is 18.9. The Bertz CT molecular complexity index is 910. The van der Waals surface area contributed by atoms with E-state index in [9.17, 15) is 9.59 Å². The summed E-state index contributed by atoms with van der Waals surface area (Å²) in [7, 11) is 0. The predicted molar refractivity (Wildman–Crippen MR) is 126 cm³/mol. The first kappa shape index (κ1) is 23.2. The maximum atomic E-state index is 12.6. The molecular weight excluding hydrogens is 420 g/mol. The van der Waals surface area contributed by atoms with Crippen LogP contribution in [0, 0.1) is 0 Å². The van der Waals surface area contributed by atoms with Gasteiger partial charge in [-0.15, -0.1) is 0 Å². The lowest BCUT2D eigenvalue weighted by atomic mass is 10.2. The summed E-state index contributed by atoms with van der Waals surface area (Å²) in [6.45, 7) is 7.16. The van der Waals surface area contributed by atoms with Crippen molar-refractivity contribution < 1.29 is 19.1 Å². The third kappa shape index (κ3) is 7.02. The molecule has 2 aromatic carbocycles. The summed E-state index contributed by atoms with van der Waals surface area (Å²) in [4.78, 5) is 31.5. The number of carbonyl (C=O) groups is 2. The molecule has 2 aromatic rings. The molecule has 0 radical (unpaired) electrons. The molecule has 0 spiro atoms. The highest BCUT2D eigenvalue weighted by atomic mass is 16.5. The van der Waals surface area contributed by atoms with Gasteiger partial charge in [-0.3, -0.25) is 19.4 Å². The number of nitrogens with zero attached hydrogens (tertiary/aromatic N) is 3. The Morgan fingerprint density at radius 3 is 2.30 bits per heavy atom. The van der Waals surface area contributed by atoms with Crippen LogP contribution < -0.4 is 10.1 Å². The van der Waals surface area contributed by atoms with E-state index in [1.165, 1.54) is 0 Å². The molecule has 2 aliphatic heterocycles. The third-order valence-electron chi connectivity index (χ3n) is 5.97. The van der Waals surface area contributed by atoms with Crippen LogP contribution in [0.4, 0.5) is 5.69 Å². The van der Waals surface area contributed by atoms with E-state index in [0.29, 0.717) is 57.3 Å². The van der Waals surface area contributed by atoms with Crippen molar-refractivity contribution in [3.63, 3.8) is 0 Å². The Labute approximate surface area is 195 Å². The number of para-hydroxylation sites is 3. The van der Waals surface area contributed by atoms with Gasteiger partial charge in [0.15, 0.2) is 5.75 Å². The van der Waals surface area contributed by atoms with Gasteiger partial charge in [-0.2, -0.15) is 0 Å². The van der Waals surface area contributed by atoms with Gasteiger partial charge in [0.25, 0.3) is 0 Å². The summed E-state index contributed by atoms with van der Waals surface area (Å²) in [5.41, 5.74) is 0.657. The second kappa shape index (κ2) is 11.8. The molecule has 2 amide bonds. The number of hydrogen-bond donors (Lipinski definition) is 1. The molecule has 0 saturated carbocycles. The zero-order valence-corrected chi connectivity index (χ0v) is 18.9. The van der Waals surface area contributed by atoms with Gasteiger partial charge in [0, 0.05) is 52.2 Å². The Kier molecular flexibility index (Phi) is 8.30. The highest BCUT2D eigenvalue weighted by molar-refractivity contribution is 5.92. The van der Waals surface area contributed by atoms with E-state index in [4.69, 9.17) is 9.47 Å². The van der Waals surface area contributed by atoms with E-state index in [-0.39, 0.29) is 11.8 Å². The molecule has 0 aromatic heterocycles. The number of anilines is 1. The average Bonchev–Trinajstić information content (AvgIpc) is 2.85. The van der Waals surface area contributed by atoms with Crippen LogP contribution in [0.15, 0.2) is 54.6 Å². The standard InChI is InChI=1S/C25H32N4O4/c30-24(26-22-8-4-5-9-23(22)33-21-6-2-1-3-7-21)10-11-27-12-14-29(15-13-27)25(31)20-28-16-18-32-19-17-28/h1-9H,10-20H2,(H,26,30). The molecule has 8 nitrogen and oxygen atoms in total. The Morgan fingerprint density at radius 1 is 0.848 bits per heavy atom. The number of hydrogen-bond acceptors (Lipinski definition) is 6. The van der Waals surface area contributed by atoms with Gasteiger partial charge in [0.2, 0.25) is 11.8 Å². The molecule has 0 bridgehead atoms. The van der Waals surface area contributed by atoms with Gasteiger partial charge in [-0.05, 0) is 24.3 Å². The van der Waals surface area contributed by atoms with Crippen LogP contribution in [0.5, 0.6) is 11.5 Å². The van der Waals surface area contributed by atoms with Crippen molar-refractivity contribution >= 4 is 17.5 Å². The zero-order chi connectivity index (χ0) is 22.9. The molecule has 1 N–H and O–H groups in total. The fourth-order valence-corrected chi connectivity index (χ4v) is 4.02. The van der Waals surface area contributed by atoms with Crippen LogP contribution in [0.2, 0.25) is 0 Å². The van der Waals surface area contributed by atoms with Crippen molar-refractivity contribution in [2.24, 2.45) is 0 Å². The molecule has 0 aliphatic carbocycles. The number of morpholine rings is 1. The lowest BCUT2D eigenvalue weighted by molar-refractivity contribution is -0.135. The summed E-state index contributed by atoms with van der Waals surface area (Å²) < 4.78 is 11.3. The minimum absolute atomic E-state index is 0.0510. The summed E-state index contributed by atoms with van der Waals surface area (Å²) >= 11 is 0. The van der Waals surface area contributed by atoms with Crippen LogP contribution in [0.25, 0.3) is 0 Å². The summed E-state index contributed by atoms with van der Waals surface area (Å²) in [5.74, 6) is 1.47. The molecule has 8 heteroatoms. The van der Waals surface area contributed by atoms with Gasteiger partial charge < -0.3 is 19.7 Å². The van der Waals surface area contributed by atoms with Crippen LogP contribution >= 0.6 is 0 Å². The van der Waals surface area contributed by atoms with E-state index < -0.39 is 0 Å². The average molecular weight is 453 g/mol. The first-order valence-electron chi connectivity index (χ1n) is 11.6. The topological polar surface area (TPSA) is 74.4 Å². The van der Waals surface area contributed by atoms with Gasteiger partial charge in [-0.25, -0.2) is 0 Å². The predicted octanol–water partition coefficient (Wildman–Crippen LogP) is 2.28. The lowest BCUT2D eigenvalue weighted by Crippen LogP contribution is -2.52. The molecule has 2 heterocycles. The van der Waals surface area contributed by atoms with Crippen LogP contribution in [0.1, 0.15) is 6.42 Å². The van der Waals surface area contributed by atoms with Crippen molar-refractivity contribution in [2.45, 2.75) is 6.42 Å². The monoisotopic (exact) mass is 452 g/mol. The number of amides is 2. The first-order chi connectivity index (χ1) is 16.2. The molecule has 0 unspecified atom stereocenters. The van der Waals surface area contributed by atoms with Crippen molar-refractivity contribution in [3.8, 4) is 11.5 Å². The maximum absolute atomic E-state index is 12.6. The molecular formula is C25H32N4O4. The molecule has 2 aliphatic rings. The normalized spacial score (nSPS) is 17.5. The van der Waals surface area contributed by atoms with Crippen molar-refractivity contribution in [2.75, 3.05) is 70.9 Å². The second-order valence-corrected chi connectivity index (χ2v) is 8.32. The number of ether oxygens (including phenoxy) is 2. The fraction of sp³-hybridized carbons (Fsp3) is 0.440. The molecule has 2 saturated heterocycles. The van der Waals surface area contributed by atoms with Crippen molar-refractivity contribution in [1.82, 2.24) is 14.7 Å². The maximum Gasteiger partial charge on any atom is 0.236 e. The van der Waals surface area contributed by atoms with Gasteiger partial charge in [0.1, 0.15) is 5.75 Å². The SMILES string of the molecule is O=C(CCN1CCN(C(=O)CN2CCOCC2)CC1)Nc1ccccc1Oc1ccccc1. The van der Waals surface area contributed by atoms with Crippen LogP contribution in [0.3, 0.4) is 0 Å². The minimum atomic E-state index is -0.0510. The quantitative estimate of drug-likeness (QED) is 0.663. The van der Waals surface area contributed by atoms with Crippen molar-refractivity contribution in [1.29, 1.82) is 0 Å². The highest BCUT2D eigenvalue weighted by Crippen LogP contribution is 2.29. The Balaban J connectivity index is 1.19. The number of carbonyl (C=O) groups excluding carboxylic acids is 2. The Morgan fingerprint density at radius 2 is 1.55 bits per heavy atom. The lowest BCUT2D eigenvalue weighted by Gasteiger charge is -2.36. The largest absolute Gasteiger partial charge is 0.455 e. The number of benzene rings is 2. The summed E-state index contributed by atoms with van der Waals surface area (Å²) in [6.07, 6.45) is 0.390. The van der Waals surface area contributed by atoms with E-state index in [1.807, 2.05) is 59.5 Å². The number of rotatable bonds is 8. The van der Waals surface area contributed by atoms with Crippen LogP contribution in [-0.2, 0) is 14.3 Å².